The highest BCUT2D eigenvalue weighted by Crippen LogP contribution is 2.29. The zero-order valence-electron chi connectivity index (χ0n) is 12.4. The van der Waals surface area contributed by atoms with E-state index in [1.165, 1.54) is 0 Å². The van der Waals surface area contributed by atoms with E-state index in [1.54, 1.807) is 6.07 Å². The summed E-state index contributed by atoms with van der Waals surface area (Å²) in [4.78, 5) is 0.509. The third kappa shape index (κ3) is 3.23. The predicted molar refractivity (Wildman–Crippen MR) is 82.7 cm³/mol. The van der Waals surface area contributed by atoms with Gasteiger partial charge < -0.3 is 5.32 Å². The molecule has 1 fully saturated rings. The van der Waals surface area contributed by atoms with Crippen LogP contribution in [0.1, 0.15) is 44.6 Å². The van der Waals surface area contributed by atoms with E-state index >= 15 is 0 Å². The summed E-state index contributed by atoms with van der Waals surface area (Å²) < 4.78 is 26.0. The first kappa shape index (κ1) is 15.5. The third-order valence-corrected chi connectivity index (χ3v) is 6.65. The molecule has 1 aromatic rings. The predicted octanol–water partition coefficient (Wildman–Crippen LogP) is 3.08. The molecule has 0 bridgehead atoms. The molecular weight excluding hydrogens is 270 g/mol. The van der Waals surface area contributed by atoms with Gasteiger partial charge in [0.05, 0.1) is 10.1 Å². The number of hydrogen-bond donors (Lipinski definition) is 1. The second-order valence-electron chi connectivity index (χ2n) is 5.65. The van der Waals surface area contributed by atoms with E-state index in [-0.39, 0.29) is 11.3 Å². The first-order valence-electron chi connectivity index (χ1n) is 7.60. The minimum absolute atomic E-state index is 0.0899. The van der Waals surface area contributed by atoms with Crippen LogP contribution in [-0.4, -0.2) is 26.3 Å². The lowest BCUT2D eigenvalue weighted by Gasteiger charge is -2.26. The van der Waals surface area contributed by atoms with Crippen LogP contribution in [0.2, 0.25) is 0 Å². The van der Waals surface area contributed by atoms with Gasteiger partial charge in [-0.3, -0.25) is 0 Å². The molecular formula is C16H25NO2S. The standard InChI is InChI=1S/C16H25NO2S/c1-3-17-14-10-5-4-6-12-16(14)20(18,19)15-11-8-7-9-13(15)2/h7-9,11,14,16-17H,3-6,10,12H2,1-2H3. The molecule has 2 unspecified atom stereocenters. The summed E-state index contributed by atoms with van der Waals surface area (Å²) in [5.74, 6) is 0. The average molecular weight is 295 g/mol. The first-order chi connectivity index (χ1) is 9.57. The molecule has 0 aliphatic heterocycles. The van der Waals surface area contributed by atoms with E-state index in [2.05, 4.69) is 5.32 Å². The van der Waals surface area contributed by atoms with Gasteiger partial charge in [-0.25, -0.2) is 8.42 Å². The molecule has 1 aromatic carbocycles. The van der Waals surface area contributed by atoms with Gasteiger partial charge in [-0.1, -0.05) is 44.4 Å². The number of sulfone groups is 1. The fraction of sp³-hybridized carbons (Fsp3) is 0.625. The molecule has 1 aliphatic carbocycles. The molecule has 112 valence electrons. The van der Waals surface area contributed by atoms with Crippen molar-refractivity contribution >= 4 is 9.84 Å². The van der Waals surface area contributed by atoms with Crippen molar-refractivity contribution in [3.63, 3.8) is 0 Å². The highest BCUT2D eigenvalue weighted by molar-refractivity contribution is 7.92. The van der Waals surface area contributed by atoms with Gasteiger partial charge in [-0.2, -0.15) is 0 Å². The fourth-order valence-electron chi connectivity index (χ4n) is 3.18. The van der Waals surface area contributed by atoms with Gasteiger partial charge in [0.15, 0.2) is 9.84 Å². The monoisotopic (exact) mass is 295 g/mol. The van der Waals surface area contributed by atoms with Crippen molar-refractivity contribution in [2.24, 2.45) is 0 Å². The van der Waals surface area contributed by atoms with Crippen molar-refractivity contribution in [3.05, 3.63) is 29.8 Å². The topological polar surface area (TPSA) is 46.2 Å². The SMILES string of the molecule is CCNC1CCCCCC1S(=O)(=O)c1ccccc1C. The molecule has 20 heavy (non-hydrogen) atoms. The Hall–Kier alpha value is -0.870. The summed E-state index contributed by atoms with van der Waals surface area (Å²) in [6.45, 7) is 4.75. The lowest BCUT2D eigenvalue weighted by molar-refractivity contribution is 0.460. The minimum Gasteiger partial charge on any atom is -0.313 e. The summed E-state index contributed by atoms with van der Waals surface area (Å²) in [7, 11) is -3.25. The lowest BCUT2D eigenvalue weighted by atomic mass is 10.1. The fourth-order valence-corrected chi connectivity index (χ4v) is 5.43. The van der Waals surface area contributed by atoms with E-state index in [9.17, 15) is 8.42 Å². The van der Waals surface area contributed by atoms with E-state index in [1.807, 2.05) is 32.0 Å². The van der Waals surface area contributed by atoms with Gasteiger partial charge in [0.1, 0.15) is 0 Å². The zero-order valence-corrected chi connectivity index (χ0v) is 13.2. The van der Waals surface area contributed by atoms with Crippen LogP contribution >= 0.6 is 0 Å². The molecule has 0 heterocycles. The Kier molecular flexibility index (Phi) is 5.22. The van der Waals surface area contributed by atoms with Crippen molar-refractivity contribution in [3.8, 4) is 0 Å². The molecule has 2 rings (SSSR count). The summed E-state index contributed by atoms with van der Waals surface area (Å²) >= 11 is 0. The van der Waals surface area contributed by atoms with Gasteiger partial charge in [-0.05, 0) is 37.9 Å². The molecule has 0 amide bonds. The van der Waals surface area contributed by atoms with E-state index in [4.69, 9.17) is 0 Å². The zero-order chi connectivity index (χ0) is 14.6. The van der Waals surface area contributed by atoms with Crippen molar-refractivity contribution in [1.82, 2.24) is 5.32 Å². The van der Waals surface area contributed by atoms with Crippen LogP contribution < -0.4 is 5.32 Å². The Labute approximate surface area is 122 Å². The quantitative estimate of drug-likeness (QED) is 0.868. The molecule has 2 atom stereocenters. The van der Waals surface area contributed by atoms with E-state index in [0.29, 0.717) is 4.90 Å². The highest BCUT2D eigenvalue weighted by Gasteiger charge is 2.35. The highest BCUT2D eigenvalue weighted by atomic mass is 32.2. The third-order valence-electron chi connectivity index (χ3n) is 4.22. The summed E-state index contributed by atoms with van der Waals surface area (Å²) in [6.07, 6.45) is 5.01. The van der Waals surface area contributed by atoms with Crippen LogP contribution in [0.4, 0.5) is 0 Å². The van der Waals surface area contributed by atoms with Crippen molar-refractivity contribution in [2.45, 2.75) is 62.1 Å². The van der Waals surface area contributed by atoms with Crippen LogP contribution in [0.5, 0.6) is 0 Å². The molecule has 0 radical (unpaired) electrons. The summed E-state index contributed by atoms with van der Waals surface area (Å²) in [6, 6.07) is 7.43. The number of aryl methyl sites for hydroxylation is 1. The summed E-state index contributed by atoms with van der Waals surface area (Å²) in [5, 5.41) is 3.10. The van der Waals surface area contributed by atoms with Gasteiger partial charge in [0, 0.05) is 6.04 Å². The van der Waals surface area contributed by atoms with Crippen LogP contribution in [0.3, 0.4) is 0 Å². The molecule has 3 nitrogen and oxygen atoms in total. The van der Waals surface area contributed by atoms with Crippen LogP contribution in [0.15, 0.2) is 29.2 Å². The number of nitrogens with one attached hydrogen (secondary N) is 1. The van der Waals surface area contributed by atoms with Crippen molar-refractivity contribution < 1.29 is 8.42 Å². The molecule has 1 saturated carbocycles. The molecule has 4 heteroatoms. The van der Waals surface area contributed by atoms with E-state index < -0.39 is 9.84 Å². The number of benzene rings is 1. The van der Waals surface area contributed by atoms with Gasteiger partial charge in [-0.15, -0.1) is 0 Å². The van der Waals surface area contributed by atoms with Crippen molar-refractivity contribution in [2.75, 3.05) is 6.54 Å². The number of rotatable bonds is 4. The molecule has 0 saturated heterocycles. The number of hydrogen-bond acceptors (Lipinski definition) is 3. The van der Waals surface area contributed by atoms with Gasteiger partial charge in [0.25, 0.3) is 0 Å². The van der Waals surface area contributed by atoms with Crippen LogP contribution in [0, 0.1) is 6.92 Å². The van der Waals surface area contributed by atoms with Gasteiger partial charge in [0.2, 0.25) is 0 Å². The Bertz CT molecular complexity index is 539. The van der Waals surface area contributed by atoms with Crippen LogP contribution in [-0.2, 0) is 9.84 Å². The lowest BCUT2D eigenvalue weighted by Crippen LogP contribution is -2.43. The second-order valence-corrected chi connectivity index (χ2v) is 7.79. The van der Waals surface area contributed by atoms with E-state index in [0.717, 1.165) is 44.2 Å². The second kappa shape index (κ2) is 6.72. The molecule has 1 N–H and O–H groups in total. The Morgan fingerprint density at radius 1 is 1.15 bits per heavy atom. The Balaban J connectivity index is 2.37. The molecule has 1 aliphatic rings. The molecule has 0 spiro atoms. The van der Waals surface area contributed by atoms with Crippen molar-refractivity contribution in [1.29, 1.82) is 0 Å². The smallest absolute Gasteiger partial charge is 0.183 e. The largest absolute Gasteiger partial charge is 0.313 e. The minimum atomic E-state index is -3.25. The first-order valence-corrected chi connectivity index (χ1v) is 9.15. The maximum Gasteiger partial charge on any atom is 0.183 e. The summed E-state index contributed by atoms with van der Waals surface area (Å²) in [5.41, 5.74) is 0.854. The molecule has 0 aromatic heterocycles. The van der Waals surface area contributed by atoms with Crippen LogP contribution in [0.25, 0.3) is 0 Å². The normalized spacial score (nSPS) is 24.3. The Morgan fingerprint density at radius 3 is 2.55 bits per heavy atom. The van der Waals surface area contributed by atoms with Gasteiger partial charge >= 0.3 is 0 Å². The maximum atomic E-state index is 13.0. The maximum absolute atomic E-state index is 13.0. The average Bonchev–Trinajstić information content (AvgIpc) is 2.65. The Morgan fingerprint density at radius 2 is 1.85 bits per heavy atom.